The molecule has 0 unspecified atom stereocenters. The van der Waals surface area contributed by atoms with Gasteiger partial charge < -0.3 is 14.3 Å². The number of nitrogens with zero attached hydrogens (tertiary/aromatic N) is 2. The van der Waals surface area contributed by atoms with Crippen molar-refractivity contribution < 1.29 is 14.3 Å². The summed E-state index contributed by atoms with van der Waals surface area (Å²) in [6.45, 7) is 3.77. The van der Waals surface area contributed by atoms with Crippen LogP contribution in [0.5, 0.6) is 5.75 Å². The van der Waals surface area contributed by atoms with E-state index in [1.54, 1.807) is 13.8 Å². The predicted octanol–water partition coefficient (Wildman–Crippen LogP) is 3.14. The molecular weight excluding hydrogens is 268 g/mol. The van der Waals surface area contributed by atoms with Gasteiger partial charge in [-0.05, 0) is 44.4 Å². The first-order chi connectivity index (χ1) is 10.0. The van der Waals surface area contributed by atoms with E-state index in [9.17, 15) is 5.11 Å². The normalized spacial score (nSPS) is 15.8. The Morgan fingerprint density at radius 1 is 1.24 bits per heavy atom. The zero-order valence-corrected chi connectivity index (χ0v) is 12.4. The lowest BCUT2D eigenvalue weighted by Crippen LogP contribution is -2.14. The van der Waals surface area contributed by atoms with Crippen LogP contribution in [0.4, 0.5) is 0 Å². The molecule has 1 aliphatic rings. The molecule has 0 amide bonds. The second kappa shape index (κ2) is 5.48. The summed E-state index contributed by atoms with van der Waals surface area (Å²) in [6.07, 6.45) is 3.52. The quantitative estimate of drug-likeness (QED) is 0.915. The number of benzene rings is 1. The second-order valence-corrected chi connectivity index (χ2v) is 6.03. The van der Waals surface area contributed by atoms with E-state index >= 15 is 0 Å². The van der Waals surface area contributed by atoms with E-state index < -0.39 is 5.60 Å². The molecule has 3 rings (SSSR count). The van der Waals surface area contributed by atoms with E-state index in [1.165, 1.54) is 6.42 Å². The van der Waals surface area contributed by atoms with Gasteiger partial charge in [0.1, 0.15) is 5.75 Å². The SMILES string of the molecule is CC(C)(O)c1ccc(OCc2nnc(C3CCC3)o2)cc1. The molecule has 21 heavy (non-hydrogen) atoms. The largest absolute Gasteiger partial charge is 0.484 e. The standard InChI is InChI=1S/C16H20N2O3/c1-16(2,19)12-6-8-13(9-7-12)20-10-14-17-18-15(21-14)11-4-3-5-11/h6-9,11,19H,3-5,10H2,1-2H3. The highest BCUT2D eigenvalue weighted by Crippen LogP contribution is 2.35. The van der Waals surface area contributed by atoms with Crippen molar-refractivity contribution in [1.29, 1.82) is 0 Å². The van der Waals surface area contributed by atoms with Crippen LogP contribution in [0.1, 0.15) is 56.4 Å². The molecule has 0 aliphatic heterocycles. The Morgan fingerprint density at radius 2 is 1.95 bits per heavy atom. The number of aliphatic hydroxyl groups is 1. The molecule has 5 nitrogen and oxygen atoms in total. The van der Waals surface area contributed by atoms with E-state index in [1.807, 2.05) is 24.3 Å². The van der Waals surface area contributed by atoms with Gasteiger partial charge in [0.05, 0.1) is 5.60 Å². The van der Waals surface area contributed by atoms with Crippen molar-refractivity contribution in [3.8, 4) is 5.75 Å². The molecule has 1 aromatic carbocycles. The van der Waals surface area contributed by atoms with Gasteiger partial charge in [-0.1, -0.05) is 18.6 Å². The maximum Gasteiger partial charge on any atom is 0.253 e. The molecule has 1 saturated carbocycles. The molecule has 0 radical (unpaired) electrons. The fraction of sp³-hybridized carbons (Fsp3) is 0.500. The lowest BCUT2D eigenvalue weighted by molar-refractivity contribution is 0.0785. The molecule has 1 aliphatic carbocycles. The van der Waals surface area contributed by atoms with Crippen molar-refractivity contribution in [2.75, 3.05) is 0 Å². The van der Waals surface area contributed by atoms with E-state index in [4.69, 9.17) is 9.15 Å². The van der Waals surface area contributed by atoms with Crippen LogP contribution in [0, 0.1) is 0 Å². The molecular formula is C16H20N2O3. The monoisotopic (exact) mass is 288 g/mol. The summed E-state index contributed by atoms with van der Waals surface area (Å²) in [5.74, 6) is 2.39. The predicted molar refractivity (Wildman–Crippen MR) is 76.9 cm³/mol. The maximum atomic E-state index is 9.90. The van der Waals surface area contributed by atoms with Crippen molar-refractivity contribution in [1.82, 2.24) is 10.2 Å². The summed E-state index contributed by atoms with van der Waals surface area (Å²) in [4.78, 5) is 0. The third-order valence-corrected chi connectivity index (χ3v) is 3.86. The summed E-state index contributed by atoms with van der Waals surface area (Å²) in [6, 6.07) is 7.36. The summed E-state index contributed by atoms with van der Waals surface area (Å²) in [5.41, 5.74) is 0.00259. The van der Waals surface area contributed by atoms with Crippen LogP contribution < -0.4 is 4.74 Å². The Morgan fingerprint density at radius 3 is 2.52 bits per heavy atom. The summed E-state index contributed by atoms with van der Waals surface area (Å²) < 4.78 is 11.2. The molecule has 1 heterocycles. The van der Waals surface area contributed by atoms with Crippen LogP contribution >= 0.6 is 0 Å². The van der Waals surface area contributed by atoms with Gasteiger partial charge in [-0.25, -0.2) is 0 Å². The van der Waals surface area contributed by atoms with Crippen LogP contribution in [0.3, 0.4) is 0 Å². The zero-order valence-electron chi connectivity index (χ0n) is 12.4. The summed E-state index contributed by atoms with van der Waals surface area (Å²) in [5, 5.41) is 18.0. The first kappa shape index (κ1) is 14.1. The smallest absolute Gasteiger partial charge is 0.253 e. The minimum atomic E-state index is -0.845. The van der Waals surface area contributed by atoms with Gasteiger partial charge >= 0.3 is 0 Å². The molecule has 112 valence electrons. The Kier molecular flexibility index (Phi) is 3.68. The van der Waals surface area contributed by atoms with Gasteiger partial charge in [-0.15, -0.1) is 10.2 Å². The van der Waals surface area contributed by atoms with Gasteiger partial charge in [-0.2, -0.15) is 0 Å². The van der Waals surface area contributed by atoms with Gasteiger partial charge in [0, 0.05) is 5.92 Å². The molecule has 0 bridgehead atoms. The van der Waals surface area contributed by atoms with Crippen molar-refractivity contribution >= 4 is 0 Å². The molecule has 1 fully saturated rings. The van der Waals surface area contributed by atoms with Crippen LogP contribution in [0.25, 0.3) is 0 Å². The third-order valence-electron chi connectivity index (χ3n) is 3.86. The number of aromatic nitrogens is 2. The van der Waals surface area contributed by atoms with Crippen molar-refractivity contribution in [3.05, 3.63) is 41.6 Å². The maximum absolute atomic E-state index is 9.90. The summed E-state index contributed by atoms with van der Waals surface area (Å²) in [7, 11) is 0. The molecule has 1 N–H and O–H groups in total. The molecule has 2 aromatic rings. The molecule has 0 atom stereocenters. The fourth-order valence-electron chi connectivity index (χ4n) is 2.25. The van der Waals surface area contributed by atoms with Crippen LogP contribution in [-0.2, 0) is 12.2 Å². The average molecular weight is 288 g/mol. The fourth-order valence-corrected chi connectivity index (χ4v) is 2.25. The second-order valence-electron chi connectivity index (χ2n) is 6.03. The zero-order chi connectivity index (χ0) is 14.9. The van der Waals surface area contributed by atoms with Crippen LogP contribution in [-0.4, -0.2) is 15.3 Å². The minimum Gasteiger partial charge on any atom is -0.484 e. The number of rotatable bonds is 5. The molecule has 1 aromatic heterocycles. The van der Waals surface area contributed by atoms with E-state index in [0.29, 0.717) is 17.6 Å². The van der Waals surface area contributed by atoms with Gasteiger partial charge in [-0.3, -0.25) is 0 Å². The average Bonchev–Trinajstić information content (AvgIpc) is 2.82. The summed E-state index contributed by atoms with van der Waals surface area (Å²) >= 11 is 0. The minimum absolute atomic E-state index is 0.265. The molecule has 5 heteroatoms. The Labute approximate surface area is 124 Å². The van der Waals surface area contributed by atoms with Crippen molar-refractivity contribution in [2.45, 2.75) is 51.2 Å². The van der Waals surface area contributed by atoms with E-state index in [2.05, 4.69) is 10.2 Å². The Balaban J connectivity index is 1.58. The molecule has 0 saturated heterocycles. The first-order valence-corrected chi connectivity index (χ1v) is 7.30. The highest BCUT2D eigenvalue weighted by atomic mass is 16.5. The van der Waals surface area contributed by atoms with Crippen LogP contribution in [0.2, 0.25) is 0 Å². The van der Waals surface area contributed by atoms with Gasteiger partial charge in [0.15, 0.2) is 6.61 Å². The number of ether oxygens (including phenoxy) is 1. The van der Waals surface area contributed by atoms with Gasteiger partial charge in [0.2, 0.25) is 5.89 Å². The number of hydrogen-bond donors (Lipinski definition) is 1. The highest BCUT2D eigenvalue weighted by molar-refractivity contribution is 5.30. The topological polar surface area (TPSA) is 68.4 Å². The van der Waals surface area contributed by atoms with E-state index in [-0.39, 0.29) is 6.61 Å². The van der Waals surface area contributed by atoms with Gasteiger partial charge in [0.25, 0.3) is 5.89 Å². The van der Waals surface area contributed by atoms with Crippen molar-refractivity contribution in [3.63, 3.8) is 0 Å². The first-order valence-electron chi connectivity index (χ1n) is 7.30. The lowest BCUT2D eigenvalue weighted by atomic mass is 9.85. The number of hydrogen-bond acceptors (Lipinski definition) is 5. The molecule has 0 spiro atoms. The van der Waals surface area contributed by atoms with Crippen molar-refractivity contribution in [2.24, 2.45) is 0 Å². The lowest BCUT2D eigenvalue weighted by Gasteiger charge is -2.20. The van der Waals surface area contributed by atoms with Crippen LogP contribution in [0.15, 0.2) is 28.7 Å². The highest BCUT2D eigenvalue weighted by Gasteiger charge is 2.25. The third kappa shape index (κ3) is 3.24. The van der Waals surface area contributed by atoms with E-state index in [0.717, 1.165) is 24.3 Å². The Hall–Kier alpha value is -1.88. The Bertz CT molecular complexity index is 595.